The molecule has 2 rings (SSSR count). The van der Waals surface area contributed by atoms with E-state index in [0.717, 1.165) is 5.75 Å². The summed E-state index contributed by atoms with van der Waals surface area (Å²) in [5.74, 6) is 0.814. The minimum atomic E-state index is -0.570. The van der Waals surface area contributed by atoms with Crippen LogP contribution in [0.15, 0.2) is 53.4 Å². The van der Waals surface area contributed by atoms with Gasteiger partial charge in [0.25, 0.3) is 5.91 Å². The van der Waals surface area contributed by atoms with E-state index in [9.17, 15) is 9.18 Å². The number of nitrogens with one attached hydrogen (secondary N) is 1. The molecule has 0 bridgehead atoms. The van der Waals surface area contributed by atoms with Gasteiger partial charge < -0.3 is 10.1 Å². The first-order valence-electron chi connectivity index (χ1n) is 7.98. The smallest absolute Gasteiger partial charge is 0.261 e. The summed E-state index contributed by atoms with van der Waals surface area (Å²) in [5, 5.41) is 2.89. The molecular formula is C19H22FNO2S. The standard InChI is InChI=1S/C19H22FNO2S/c1-3-18(23-16-8-6-15(20)7-9-16)19(22)21-12-13-24-17-10-4-14(2)5-11-17/h4-11,18H,3,12-13H2,1-2H3,(H,21,22)/t18-/m0/s1. The maximum absolute atomic E-state index is 12.9. The van der Waals surface area contributed by atoms with Crippen molar-refractivity contribution < 1.29 is 13.9 Å². The summed E-state index contributed by atoms with van der Waals surface area (Å²) in [6, 6.07) is 14.0. The zero-order valence-electron chi connectivity index (χ0n) is 13.9. The number of thioether (sulfide) groups is 1. The number of benzene rings is 2. The molecule has 0 fully saturated rings. The summed E-state index contributed by atoms with van der Waals surface area (Å²) in [4.78, 5) is 13.4. The first kappa shape index (κ1) is 18.3. The summed E-state index contributed by atoms with van der Waals surface area (Å²) < 4.78 is 18.5. The summed E-state index contributed by atoms with van der Waals surface area (Å²) in [5.41, 5.74) is 1.23. The number of halogens is 1. The van der Waals surface area contributed by atoms with Crippen LogP contribution >= 0.6 is 11.8 Å². The third-order valence-electron chi connectivity index (χ3n) is 3.45. The minimum absolute atomic E-state index is 0.147. The van der Waals surface area contributed by atoms with Crippen molar-refractivity contribution in [3.63, 3.8) is 0 Å². The predicted molar refractivity (Wildman–Crippen MR) is 96.0 cm³/mol. The minimum Gasteiger partial charge on any atom is -0.481 e. The molecule has 0 saturated heterocycles. The molecule has 1 N–H and O–H groups in total. The van der Waals surface area contributed by atoms with Gasteiger partial charge in [-0.3, -0.25) is 4.79 Å². The van der Waals surface area contributed by atoms with Gasteiger partial charge in [-0.05, 0) is 49.7 Å². The number of hydrogen-bond acceptors (Lipinski definition) is 3. The van der Waals surface area contributed by atoms with Crippen molar-refractivity contribution in [1.82, 2.24) is 5.32 Å². The average molecular weight is 347 g/mol. The number of carbonyl (C=O) groups excluding carboxylic acids is 1. The molecule has 0 saturated carbocycles. The van der Waals surface area contributed by atoms with Gasteiger partial charge >= 0.3 is 0 Å². The first-order valence-corrected chi connectivity index (χ1v) is 8.96. The van der Waals surface area contributed by atoms with Crippen LogP contribution in [0.5, 0.6) is 5.75 Å². The Balaban J connectivity index is 1.75. The van der Waals surface area contributed by atoms with Gasteiger partial charge in [0.05, 0.1) is 0 Å². The van der Waals surface area contributed by atoms with Crippen molar-refractivity contribution >= 4 is 17.7 Å². The Morgan fingerprint density at radius 1 is 1.17 bits per heavy atom. The number of carbonyl (C=O) groups is 1. The zero-order chi connectivity index (χ0) is 17.4. The van der Waals surface area contributed by atoms with Crippen molar-refractivity contribution in [2.75, 3.05) is 12.3 Å². The van der Waals surface area contributed by atoms with Crippen molar-refractivity contribution in [2.45, 2.75) is 31.3 Å². The van der Waals surface area contributed by atoms with E-state index in [1.807, 2.05) is 6.92 Å². The lowest BCUT2D eigenvalue weighted by atomic mass is 10.2. The number of ether oxygens (including phenoxy) is 1. The van der Waals surface area contributed by atoms with Crippen molar-refractivity contribution in [3.8, 4) is 5.75 Å². The Morgan fingerprint density at radius 2 is 1.83 bits per heavy atom. The summed E-state index contributed by atoms with van der Waals surface area (Å²) in [7, 11) is 0. The van der Waals surface area contributed by atoms with Crippen LogP contribution in [0.2, 0.25) is 0 Å². The van der Waals surface area contributed by atoms with Gasteiger partial charge in [-0.2, -0.15) is 0 Å². The van der Waals surface area contributed by atoms with Crippen LogP contribution in [0.1, 0.15) is 18.9 Å². The SMILES string of the molecule is CC[C@H](Oc1ccc(F)cc1)C(=O)NCCSc1ccc(C)cc1. The molecule has 0 radical (unpaired) electrons. The molecule has 5 heteroatoms. The highest BCUT2D eigenvalue weighted by atomic mass is 32.2. The maximum Gasteiger partial charge on any atom is 0.261 e. The van der Waals surface area contributed by atoms with Crippen LogP contribution in [0.3, 0.4) is 0 Å². The molecule has 128 valence electrons. The third kappa shape index (κ3) is 5.89. The predicted octanol–water partition coefficient (Wildman–Crippen LogP) is 4.20. The highest BCUT2D eigenvalue weighted by Gasteiger charge is 2.17. The van der Waals surface area contributed by atoms with E-state index in [2.05, 4.69) is 36.5 Å². The topological polar surface area (TPSA) is 38.3 Å². The molecule has 2 aromatic rings. The maximum atomic E-state index is 12.9. The molecule has 2 aromatic carbocycles. The Morgan fingerprint density at radius 3 is 2.46 bits per heavy atom. The quantitative estimate of drug-likeness (QED) is 0.574. The van der Waals surface area contributed by atoms with Crippen molar-refractivity contribution in [3.05, 3.63) is 59.9 Å². The van der Waals surface area contributed by atoms with Crippen LogP contribution in [-0.4, -0.2) is 24.3 Å². The largest absolute Gasteiger partial charge is 0.481 e. The molecule has 1 atom stereocenters. The molecule has 0 aliphatic rings. The second-order valence-electron chi connectivity index (χ2n) is 5.42. The molecule has 0 heterocycles. The number of rotatable bonds is 8. The van der Waals surface area contributed by atoms with Crippen molar-refractivity contribution in [1.29, 1.82) is 0 Å². The van der Waals surface area contributed by atoms with Gasteiger partial charge in [0.15, 0.2) is 6.10 Å². The van der Waals surface area contributed by atoms with Crippen LogP contribution in [-0.2, 0) is 4.79 Å². The fraction of sp³-hybridized carbons (Fsp3) is 0.316. The van der Waals surface area contributed by atoms with Crippen LogP contribution < -0.4 is 10.1 Å². The van der Waals surface area contributed by atoms with E-state index < -0.39 is 6.10 Å². The monoisotopic (exact) mass is 347 g/mol. The molecule has 0 aromatic heterocycles. The molecule has 0 unspecified atom stereocenters. The molecular weight excluding hydrogens is 325 g/mol. The first-order chi connectivity index (χ1) is 11.6. The Labute approximate surface area is 146 Å². The lowest BCUT2D eigenvalue weighted by molar-refractivity contribution is -0.127. The van der Waals surface area contributed by atoms with E-state index >= 15 is 0 Å². The Kier molecular flexibility index (Phi) is 7.12. The van der Waals surface area contributed by atoms with Gasteiger partial charge in [-0.15, -0.1) is 11.8 Å². The summed E-state index contributed by atoms with van der Waals surface area (Å²) >= 11 is 1.70. The lowest BCUT2D eigenvalue weighted by Gasteiger charge is -2.17. The lowest BCUT2D eigenvalue weighted by Crippen LogP contribution is -2.39. The van der Waals surface area contributed by atoms with Gasteiger partial charge in [-0.25, -0.2) is 4.39 Å². The van der Waals surface area contributed by atoms with E-state index in [-0.39, 0.29) is 11.7 Å². The van der Waals surface area contributed by atoms with Crippen molar-refractivity contribution in [2.24, 2.45) is 0 Å². The fourth-order valence-corrected chi connectivity index (χ4v) is 2.86. The van der Waals surface area contributed by atoms with E-state index in [4.69, 9.17) is 4.74 Å². The number of amides is 1. The summed E-state index contributed by atoms with van der Waals surface area (Å²) in [6.45, 7) is 4.51. The van der Waals surface area contributed by atoms with E-state index in [1.54, 1.807) is 11.8 Å². The second kappa shape index (κ2) is 9.33. The molecule has 0 aliphatic carbocycles. The fourth-order valence-electron chi connectivity index (χ4n) is 2.09. The van der Waals surface area contributed by atoms with Gasteiger partial charge in [0.1, 0.15) is 11.6 Å². The third-order valence-corrected chi connectivity index (χ3v) is 4.46. The van der Waals surface area contributed by atoms with Gasteiger partial charge in [-0.1, -0.05) is 24.6 Å². The normalized spacial score (nSPS) is 11.8. The molecule has 3 nitrogen and oxygen atoms in total. The molecule has 24 heavy (non-hydrogen) atoms. The van der Waals surface area contributed by atoms with E-state index in [0.29, 0.717) is 18.7 Å². The van der Waals surface area contributed by atoms with Crippen LogP contribution in [0.25, 0.3) is 0 Å². The second-order valence-corrected chi connectivity index (χ2v) is 6.59. The molecule has 0 aliphatic heterocycles. The average Bonchev–Trinajstić information content (AvgIpc) is 2.59. The van der Waals surface area contributed by atoms with Gasteiger partial charge in [0.2, 0.25) is 0 Å². The molecule has 0 spiro atoms. The van der Waals surface area contributed by atoms with E-state index in [1.165, 1.54) is 34.7 Å². The summed E-state index contributed by atoms with van der Waals surface area (Å²) in [6.07, 6.45) is -0.0197. The zero-order valence-corrected chi connectivity index (χ0v) is 14.7. The van der Waals surface area contributed by atoms with Crippen LogP contribution in [0.4, 0.5) is 4.39 Å². The highest BCUT2D eigenvalue weighted by Crippen LogP contribution is 2.18. The molecule has 1 amide bonds. The Hall–Kier alpha value is -2.01. The van der Waals surface area contributed by atoms with Crippen LogP contribution in [0, 0.1) is 12.7 Å². The highest BCUT2D eigenvalue weighted by molar-refractivity contribution is 7.99. The number of hydrogen-bond donors (Lipinski definition) is 1. The van der Waals surface area contributed by atoms with Gasteiger partial charge in [0, 0.05) is 17.2 Å². The Bertz CT molecular complexity index is 643. The number of aryl methyl sites for hydroxylation is 1.